The summed E-state index contributed by atoms with van der Waals surface area (Å²) in [6.45, 7) is 0. The zero-order chi connectivity index (χ0) is 18.5. The summed E-state index contributed by atoms with van der Waals surface area (Å²) >= 11 is 5.67. The smallest absolute Gasteiger partial charge is 0.292 e. The number of nitrogens with zero attached hydrogens (tertiary/aromatic N) is 2. The first-order chi connectivity index (χ1) is 12.6. The molecule has 8 heteroatoms. The molecule has 0 aliphatic carbocycles. The highest BCUT2D eigenvalue weighted by Gasteiger charge is 2.14. The van der Waals surface area contributed by atoms with Crippen molar-refractivity contribution in [3.8, 4) is 11.5 Å². The molecule has 7 nitrogen and oxygen atoms in total. The van der Waals surface area contributed by atoms with Gasteiger partial charge in [0.15, 0.2) is 16.7 Å². The van der Waals surface area contributed by atoms with Crippen LogP contribution in [0.4, 0.5) is 5.82 Å². The van der Waals surface area contributed by atoms with Crippen LogP contribution in [0.15, 0.2) is 46.9 Å². The van der Waals surface area contributed by atoms with Crippen molar-refractivity contribution in [1.82, 2.24) is 10.2 Å². The lowest BCUT2D eigenvalue weighted by Crippen LogP contribution is -2.12. The van der Waals surface area contributed by atoms with Gasteiger partial charge >= 0.3 is 0 Å². The van der Waals surface area contributed by atoms with Crippen LogP contribution in [0, 0.1) is 0 Å². The molecular weight excluding hydrogens is 358 g/mol. The number of carbonyl (C=O) groups is 1. The quantitative estimate of drug-likeness (QED) is 0.710. The fraction of sp³-hybridized carbons (Fsp3) is 0.167. The second-order valence-electron chi connectivity index (χ2n) is 5.32. The predicted octanol–water partition coefficient (Wildman–Crippen LogP) is 3.58. The van der Waals surface area contributed by atoms with Gasteiger partial charge in [-0.25, -0.2) is 0 Å². The summed E-state index contributed by atoms with van der Waals surface area (Å²) in [7, 11) is 3.19. The Bertz CT molecular complexity index is 909. The number of furan rings is 1. The summed E-state index contributed by atoms with van der Waals surface area (Å²) in [6, 6.07) is 11.9. The molecule has 2 aromatic heterocycles. The minimum atomic E-state index is -0.425. The van der Waals surface area contributed by atoms with E-state index in [2.05, 4.69) is 15.5 Å². The zero-order valence-electron chi connectivity index (χ0n) is 14.2. The fourth-order valence-electron chi connectivity index (χ4n) is 2.36. The Labute approximate surface area is 154 Å². The zero-order valence-corrected chi connectivity index (χ0v) is 14.9. The molecule has 26 heavy (non-hydrogen) atoms. The summed E-state index contributed by atoms with van der Waals surface area (Å²) in [5.74, 6) is 2.07. The Hall–Kier alpha value is -3.06. The minimum absolute atomic E-state index is 0.165. The number of benzene rings is 1. The van der Waals surface area contributed by atoms with E-state index in [-0.39, 0.29) is 16.7 Å². The summed E-state index contributed by atoms with van der Waals surface area (Å²) < 4.78 is 16.2. The number of ether oxygens (including phenoxy) is 2. The van der Waals surface area contributed by atoms with Gasteiger partial charge in [-0.3, -0.25) is 4.79 Å². The van der Waals surface area contributed by atoms with Gasteiger partial charge in [-0.15, -0.1) is 10.2 Å². The number of hydrogen-bond acceptors (Lipinski definition) is 6. The number of anilines is 1. The molecule has 0 unspecified atom stereocenters. The van der Waals surface area contributed by atoms with Gasteiger partial charge in [0.2, 0.25) is 0 Å². The van der Waals surface area contributed by atoms with Crippen molar-refractivity contribution in [1.29, 1.82) is 0 Å². The highest BCUT2D eigenvalue weighted by molar-refractivity contribution is 6.29. The van der Waals surface area contributed by atoms with E-state index in [9.17, 15) is 4.79 Å². The Morgan fingerprint density at radius 3 is 2.65 bits per heavy atom. The van der Waals surface area contributed by atoms with Gasteiger partial charge < -0.3 is 19.2 Å². The maximum absolute atomic E-state index is 12.2. The third-order valence-electron chi connectivity index (χ3n) is 3.61. The third-order valence-corrected chi connectivity index (χ3v) is 3.81. The van der Waals surface area contributed by atoms with Crippen molar-refractivity contribution in [3.63, 3.8) is 0 Å². The standard InChI is InChI=1S/C18H16ClN3O4/c1-24-12-3-5-14(25-2)11(9-12)10-13-4-6-15(26-13)18(23)20-17-8-7-16(19)21-22-17/h3-9H,10H2,1-2H3,(H,20,22,23). The maximum Gasteiger partial charge on any atom is 0.292 e. The van der Waals surface area contributed by atoms with E-state index in [1.807, 2.05) is 18.2 Å². The first-order valence-electron chi connectivity index (χ1n) is 7.69. The van der Waals surface area contributed by atoms with E-state index in [0.29, 0.717) is 23.7 Å². The molecule has 134 valence electrons. The van der Waals surface area contributed by atoms with Crippen molar-refractivity contribution in [2.75, 3.05) is 19.5 Å². The molecule has 1 aromatic carbocycles. The lowest BCUT2D eigenvalue weighted by atomic mass is 10.1. The average molecular weight is 374 g/mol. The van der Waals surface area contributed by atoms with Crippen molar-refractivity contribution in [3.05, 3.63) is 64.7 Å². The van der Waals surface area contributed by atoms with Gasteiger partial charge in [0.1, 0.15) is 17.3 Å². The average Bonchev–Trinajstić information content (AvgIpc) is 3.12. The SMILES string of the molecule is COc1ccc(OC)c(Cc2ccc(C(=O)Nc3ccc(Cl)nn3)o2)c1. The van der Waals surface area contributed by atoms with Gasteiger partial charge in [-0.1, -0.05) is 11.6 Å². The van der Waals surface area contributed by atoms with E-state index in [0.717, 1.165) is 5.56 Å². The molecule has 3 rings (SSSR count). The van der Waals surface area contributed by atoms with Crippen molar-refractivity contribution >= 4 is 23.3 Å². The molecule has 0 radical (unpaired) electrons. The second kappa shape index (κ2) is 7.88. The van der Waals surface area contributed by atoms with E-state index < -0.39 is 5.91 Å². The van der Waals surface area contributed by atoms with E-state index in [1.165, 1.54) is 6.07 Å². The van der Waals surface area contributed by atoms with Gasteiger partial charge in [-0.05, 0) is 42.5 Å². The van der Waals surface area contributed by atoms with Crippen LogP contribution in [-0.2, 0) is 6.42 Å². The molecule has 0 atom stereocenters. The third kappa shape index (κ3) is 4.12. The minimum Gasteiger partial charge on any atom is -0.497 e. The fourth-order valence-corrected chi connectivity index (χ4v) is 2.46. The molecule has 0 saturated carbocycles. The van der Waals surface area contributed by atoms with Gasteiger partial charge in [-0.2, -0.15) is 0 Å². The molecular formula is C18H16ClN3O4. The lowest BCUT2D eigenvalue weighted by Gasteiger charge is -2.09. The molecule has 0 aliphatic heterocycles. The van der Waals surface area contributed by atoms with E-state index in [4.69, 9.17) is 25.5 Å². The predicted molar refractivity (Wildman–Crippen MR) is 96.1 cm³/mol. The maximum atomic E-state index is 12.2. The first-order valence-corrected chi connectivity index (χ1v) is 8.07. The van der Waals surface area contributed by atoms with Crippen molar-refractivity contribution in [2.45, 2.75) is 6.42 Å². The van der Waals surface area contributed by atoms with E-state index >= 15 is 0 Å². The monoisotopic (exact) mass is 373 g/mol. The van der Waals surface area contributed by atoms with Gasteiger partial charge in [0.05, 0.1) is 14.2 Å². The number of carbonyl (C=O) groups excluding carboxylic acids is 1. The largest absolute Gasteiger partial charge is 0.497 e. The van der Waals surface area contributed by atoms with Crippen LogP contribution in [0.2, 0.25) is 5.15 Å². The lowest BCUT2D eigenvalue weighted by molar-refractivity contribution is 0.0994. The highest BCUT2D eigenvalue weighted by Crippen LogP contribution is 2.27. The molecule has 1 N–H and O–H groups in total. The summed E-state index contributed by atoms with van der Waals surface area (Å²) in [5, 5.41) is 10.3. The van der Waals surface area contributed by atoms with Crippen LogP contribution in [0.1, 0.15) is 21.9 Å². The molecule has 0 saturated heterocycles. The van der Waals surface area contributed by atoms with Crippen LogP contribution in [0.5, 0.6) is 11.5 Å². The van der Waals surface area contributed by atoms with Gasteiger partial charge in [0.25, 0.3) is 5.91 Å². The van der Waals surface area contributed by atoms with Crippen LogP contribution in [0.3, 0.4) is 0 Å². The molecule has 0 aliphatic rings. The number of rotatable bonds is 6. The first kappa shape index (κ1) is 17.8. The number of methoxy groups -OCH3 is 2. The Balaban J connectivity index is 1.73. The Morgan fingerprint density at radius 2 is 1.96 bits per heavy atom. The number of hydrogen-bond donors (Lipinski definition) is 1. The number of halogens is 1. The normalized spacial score (nSPS) is 10.4. The molecule has 0 fully saturated rings. The molecule has 3 aromatic rings. The molecule has 2 heterocycles. The van der Waals surface area contributed by atoms with Crippen molar-refractivity contribution in [2.24, 2.45) is 0 Å². The number of nitrogens with one attached hydrogen (secondary N) is 1. The van der Waals surface area contributed by atoms with Crippen molar-refractivity contribution < 1.29 is 18.7 Å². The number of amides is 1. The van der Waals surface area contributed by atoms with Gasteiger partial charge in [0, 0.05) is 12.0 Å². The molecule has 0 spiro atoms. The number of aromatic nitrogens is 2. The van der Waals surface area contributed by atoms with Crippen LogP contribution in [-0.4, -0.2) is 30.3 Å². The van der Waals surface area contributed by atoms with Crippen LogP contribution < -0.4 is 14.8 Å². The molecule has 0 bridgehead atoms. The summed E-state index contributed by atoms with van der Waals surface area (Å²) in [4.78, 5) is 12.2. The van der Waals surface area contributed by atoms with E-state index in [1.54, 1.807) is 32.4 Å². The highest BCUT2D eigenvalue weighted by atomic mass is 35.5. The van der Waals surface area contributed by atoms with Crippen LogP contribution in [0.25, 0.3) is 0 Å². The topological polar surface area (TPSA) is 86.5 Å². The second-order valence-corrected chi connectivity index (χ2v) is 5.70. The Kier molecular flexibility index (Phi) is 5.38. The summed E-state index contributed by atoms with van der Waals surface area (Å²) in [5.41, 5.74) is 0.886. The molecule has 1 amide bonds. The summed E-state index contributed by atoms with van der Waals surface area (Å²) in [6.07, 6.45) is 0.453. The van der Waals surface area contributed by atoms with Crippen LogP contribution >= 0.6 is 11.6 Å². The Morgan fingerprint density at radius 1 is 1.12 bits per heavy atom.